The molecule has 1 aromatic carbocycles. The first-order chi connectivity index (χ1) is 11.5. The first-order valence-corrected chi connectivity index (χ1v) is 8.86. The number of aryl methyl sites for hydroxylation is 1. The number of amides is 1. The Morgan fingerprint density at radius 1 is 1.21 bits per heavy atom. The Balaban J connectivity index is 2.03. The van der Waals surface area contributed by atoms with Gasteiger partial charge >= 0.3 is 0 Å². The van der Waals surface area contributed by atoms with Crippen molar-refractivity contribution in [2.24, 2.45) is 7.05 Å². The monoisotopic (exact) mass is 349 g/mol. The molecule has 4 nitrogen and oxygen atoms in total. The van der Waals surface area contributed by atoms with Crippen LogP contribution in [-0.2, 0) is 7.05 Å². The minimum absolute atomic E-state index is 0.120. The number of hydrogen-bond donors (Lipinski definition) is 2. The number of thiol groups is 1. The van der Waals surface area contributed by atoms with Crippen LogP contribution in [0.1, 0.15) is 41.7 Å². The molecular formula is C18H24FN3OS. The van der Waals surface area contributed by atoms with Gasteiger partial charge in [0.25, 0.3) is 5.91 Å². The van der Waals surface area contributed by atoms with Crippen molar-refractivity contribution >= 4 is 18.5 Å². The van der Waals surface area contributed by atoms with Gasteiger partial charge in [-0.15, -0.1) is 0 Å². The lowest BCUT2D eigenvalue weighted by molar-refractivity contribution is 0.0943. The van der Waals surface area contributed by atoms with Gasteiger partial charge in [-0.2, -0.15) is 17.7 Å². The molecule has 1 heterocycles. The van der Waals surface area contributed by atoms with Crippen LogP contribution in [0, 0.1) is 12.7 Å². The molecule has 2 rings (SSSR count). The first-order valence-electron chi connectivity index (χ1n) is 8.23. The zero-order valence-electron chi connectivity index (χ0n) is 14.2. The second-order valence-corrected chi connectivity index (χ2v) is 6.29. The maximum absolute atomic E-state index is 13.1. The summed E-state index contributed by atoms with van der Waals surface area (Å²) < 4.78 is 14.7. The Labute approximate surface area is 147 Å². The third-order valence-corrected chi connectivity index (χ3v) is 4.30. The molecule has 0 saturated heterocycles. The molecule has 1 amide bonds. The largest absolute Gasteiger partial charge is 0.351 e. The van der Waals surface area contributed by atoms with Crippen molar-refractivity contribution in [1.29, 1.82) is 0 Å². The number of rotatable bonds is 8. The van der Waals surface area contributed by atoms with E-state index in [2.05, 4.69) is 23.0 Å². The molecule has 0 bridgehead atoms. The highest BCUT2D eigenvalue weighted by molar-refractivity contribution is 7.80. The van der Waals surface area contributed by atoms with E-state index in [1.54, 1.807) is 23.9 Å². The molecule has 0 unspecified atom stereocenters. The number of hydrogen-bond acceptors (Lipinski definition) is 3. The summed E-state index contributed by atoms with van der Waals surface area (Å²) in [5.41, 5.74) is 2.85. The highest BCUT2D eigenvalue weighted by Crippen LogP contribution is 2.24. The summed E-state index contributed by atoms with van der Waals surface area (Å²) in [5, 5.41) is 7.38. The lowest BCUT2D eigenvalue weighted by atomic mass is 10.1. The lowest BCUT2D eigenvalue weighted by Crippen LogP contribution is -2.27. The molecular weight excluding hydrogens is 325 g/mol. The van der Waals surface area contributed by atoms with Crippen molar-refractivity contribution in [2.75, 3.05) is 12.3 Å². The van der Waals surface area contributed by atoms with Crippen molar-refractivity contribution in [1.82, 2.24) is 15.1 Å². The van der Waals surface area contributed by atoms with Gasteiger partial charge < -0.3 is 5.32 Å². The number of unbranched alkanes of at least 4 members (excludes halogenated alkanes) is 3. The zero-order valence-corrected chi connectivity index (χ0v) is 15.1. The third kappa shape index (κ3) is 4.60. The Hall–Kier alpha value is -1.82. The van der Waals surface area contributed by atoms with Crippen LogP contribution in [0.15, 0.2) is 24.3 Å². The van der Waals surface area contributed by atoms with E-state index in [1.165, 1.54) is 12.1 Å². The summed E-state index contributed by atoms with van der Waals surface area (Å²) in [6.07, 6.45) is 4.30. The Morgan fingerprint density at radius 2 is 1.88 bits per heavy atom. The van der Waals surface area contributed by atoms with Crippen molar-refractivity contribution in [3.8, 4) is 11.3 Å². The van der Waals surface area contributed by atoms with Crippen LogP contribution in [0.25, 0.3) is 11.3 Å². The standard InChI is InChI=1S/C18H24FN3OS/c1-13-16(14-7-9-15(19)10-8-14)21-22(2)17(13)18(23)20-11-5-3-4-6-12-24/h7-10,24H,3-6,11-12H2,1-2H3,(H,20,23). The van der Waals surface area contributed by atoms with Crippen LogP contribution in [-0.4, -0.2) is 28.0 Å². The molecule has 6 heteroatoms. The molecule has 0 radical (unpaired) electrons. The molecule has 2 aromatic rings. The molecule has 0 aliphatic rings. The maximum Gasteiger partial charge on any atom is 0.269 e. The molecule has 0 fully saturated rings. The first kappa shape index (κ1) is 18.5. The van der Waals surface area contributed by atoms with E-state index in [4.69, 9.17) is 0 Å². The number of aromatic nitrogens is 2. The van der Waals surface area contributed by atoms with Gasteiger partial charge in [0.15, 0.2) is 0 Å². The van der Waals surface area contributed by atoms with Crippen LogP contribution in [0.2, 0.25) is 0 Å². The molecule has 24 heavy (non-hydrogen) atoms. The summed E-state index contributed by atoms with van der Waals surface area (Å²) in [5.74, 6) is 0.500. The van der Waals surface area contributed by atoms with E-state index >= 15 is 0 Å². The van der Waals surface area contributed by atoms with Gasteiger partial charge in [0, 0.05) is 24.7 Å². The smallest absolute Gasteiger partial charge is 0.269 e. The Bertz CT molecular complexity index is 682. The fourth-order valence-corrected chi connectivity index (χ4v) is 2.93. The maximum atomic E-state index is 13.1. The second kappa shape index (κ2) is 8.87. The molecule has 0 saturated carbocycles. The predicted octanol–water partition coefficient (Wildman–Crippen LogP) is 3.75. The fourth-order valence-electron chi connectivity index (χ4n) is 2.71. The second-order valence-electron chi connectivity index (χ2n) is 5.85. The molecule has 130 valence electrons. The number of halogens is 1. The quantitative estimate of drug-likeness (QED) is 0.563. The van der Waals surface area contributed by atoms with E-state index in [-0.39, 0.29) is 11.7 Å². The Morgan fingerprint density at radius 3 is 2.54 bits per heavy atom. The van der Waals surface area contributed by atoms with Crippen LogP contribution in [0.5, 0.6) is 0 Å². The van der Waals surface area contributed by atoms with Crippen molar-refractivity contribution in [3.63, 3.8) is 0 Å². The lowest BCUT2D eigenvalue weighted by Gasteiger charge is -2.06. The molecule has 0 aliphatic carbocycles. The zero-order chi connectivity index (χ0) is 17.5. The highest BCUT2D eigenvalue weighted by Gasteiger charge is 2.19. The summed E-state index contributed by atoms with van der Waals surface area (Å²) in [6, 6.07) is 6.14. The van der Waals surface area contributed by atoms with Crippen LogP contribution in [0.4, 0.5) is 4.39 Å². The minimum atomic E-state index is -0.289. The van der Waals surface area contributed by atoms with Gasteiger partial charge in [0.05, 0.1) is 5.69 Å². The van der Waals surface area contributed by atoms with E-state index in [0.29, 0.717) is 17.9 Å². The van der Waals surface area contributed by atoms with Gasteiger partial charge in [0.2, 0.25) is 0 Å². The summed E-state index contributed by atoms with van der Waals surface area (Å²) in [4.78, 5) is 12.4. The van der Waals surface area contributed by atoms with Gasteiger partial charge in [-0.3, -0.25) is 9.48 Å². The number of nitrogens with zero attached hydrogens (tertiary/aromatic N) is 2. The molecule has 0 atom stereocenters. The summed E-state index contributed by atoms with van der Waals surface area (Å²) in [6.45, 7) is 2.52. The Kier molecular flexibility index (Phi) is 6.85. The molecule has 0 aliphatic heterocycles. The van der Waals surface area contributed by atoms with Crippen LogP contribution < -0.4 is 5.32 Å². The minimum Gasteiger partial charge on any atom is -0.351 e. The van der Waals surface area contributed by atoms with Gasteiger partial charge in [-0.05, 0) is 49.8 Å². The van der Waals surface area contributed by atoms with Gasteiger partial charge in [0.1, 0.15) is 11.5 Å². The average molecular weight is 349 g/mol. The highest BCUT2D eigenvalue weighted by atomic mass is 32.1. The van der Waals surface area contributed by atoms with E-state index in [9.17, 15) is 9.18 Å². The van der Waals surface area contributed by atoms with Crippen molar-refractivity contribution in [3.05, 3.63) is 41.3 Å². The van der Waals surface area contributed by atoms with E-state index in [1.807, 2.05) is 6.92 Å². The topological polar surface area (TPSA) is 46.9 Å². The third-order valence-electron chi connectivity index (χ3n) is 3.99. The van der Waals surface area contributed by atoms with Crippen LogP contribution >= 0.6 is 12.6 Å². The number of benzene rings is 1. The summed E-state index contributed by atoms with van der Waals surface area (Å²) >= 11 is 4.19. The molecule has 1 N–H and O–H groups in total. The van der Waals surface area contributed by atoms with Crippen molar-refractivity contribution < 1.29 is 9.18 Å². The van der Waals surface area contributed by atoms with Crippen molar-refractivity contribution in [2.45, 2.75) is 32.6 Å². The van der Waals surface area contributed by atoms with Gasteiger partial charge in [-0.25, -0.2) is 4.39 Å². The molecule has 1 aromatic heterocycles. The average Bonchev–Trinajstić information content (AvgIpc) is 2.86. The fraction of sp³-hybridized carbons (Fsp3) is 0.444. The number of carbonyl (C=O) groups is 1. The number of carbonyl (C=O) groups excluding carboxylic acids is 1. The van der Waals surface area contributed by atoms with E-state index in [0.717, 1.165) is 42.6 Å². The van der Waals surface area contributed by atoms with E-state index < -0.39 is 0 Å². The number of nitrogens with one attached hydrogen (secondary N) is 1. The SMILES string of the molecule is Cc1c(-c2ccc(F)cc2)nn(C)c1C(=O)NCCCCCCS. The normalized spacial score (nSPS) is 10.8. The predicted molar refractivity (Wildman–Crippen MR) is 98.0 cm³/mol. The van der Waals surface area contributed by atoms with Crippen LogP contribution in [0.3, 0.4) is 0 Å². The van der Waals surface area contributed by atoms with Gasteiger partial charge in [-0.1, -0.05) is 12.8 Å². The summed E-state index contributed by atoms with van der Waals surface area (Å²) in [7, 11) is 1.75. The molecule has 0 spiro atoms.